The van der Waals surface area contributed by atoms with Crippen molar-refractivity contribution in [2.75, 3.05) is 25.0 Å². The van der Waals surface area contributed by atoms with Gasteiger partial charge in [0, 0.05) is 25.3 Å². The van der Waals surface area contributed by atoms with Crippen molar-refractivity contribution in [3.05, 3.63) is 22.8 Å². The summed E-state index contributed by atoms with van der Waals surface area (Å²) in [5, 5.41) is 6.28. The summed E-state index contributed by atoms with van der Waals surface area (Å²) >= 11 is 5.96. The van der Waals surface area contributed by atoms with Gasteiger partial charge < -0.3 is 15.4 Å². The third kappa shape index (κ3) is 6.31. The van der Waals surface area contributed by atoms with Crippen molar-refractivity contribution in [2.24, 2.45) is 0 Å². The molecule has 0 saturated carbocycles. The highest BCUT2D eigenvalue weighted by Gasteiger charge is 2.19. The van der Waals surface area contributed by atoms with Gasteiger partial charge in [0.05, 0.1) is 5.60 Å². The molecule has 2 N–H and O–H groups in total. The van der Waals surface area contributed by atoms with Crippen LogP contribution >= 0.6 is 11.6 Å². The number of amides is 1. The average Bonchev–Trinajstić information content (AvgIpc) is 2.42. The van der Waals surface area contributed by atoms with Gasteiger partial charge in [-0.2, -0.15) is 0 Å². The number of rotatable bonds is 8. The van der Waals surface area contributed by atoms with E-state index in [1.807, 2.05) is 20.8 Å². The quantitative estimate of drug-likeness (QED) is 0.724. The van der Waals surface area contributed by atoms with E-state index in [9.17, 15) is 4.79 Å². The summed E-state index contributed by atoms with van der Waals surface area (Å²) in [7, 11) is 0. The van der Waals surface area contributed by atoms with Gasteiger partial charge in [0.1, 0.15) is 11.0 Å². The van der Waals surface area contributed by atoms with Crippen LogP contribution in [-0.4, -0.2) is 36.2 Å². The second-order valence-electron chi connectivity index (χ2n) is 5.37. The fraction of sp³-hybridized carbons (Fsp3) is 0.600. The summed E-state index contributed by atoms with van der Waals surface area (Å²) in [4.78, 5) is 16.3. The van der Waals surface area contributed by atoms with Gasteiger partial charge in [-0.1, -0.05) is 18.5 Å². The first-order valence-electron chi connectivity index (χ1n) is 7.21. The highest BCUT2D eigenvalue weighted by Crippen LogP contribution is 2.15. The van der Waals surface area contributed by atoms with Crippen LogP contribution in [0.25, 0.3) is 0 Å². The summed E-state index contributed by atoms with van der Waals surface area (Å²) in [6, 6.07) is 3.26. The Kier molecular flexibility index (Phi) is 6.92. The molecule has 0 aliphatic heterocycles. The van der Waals surface area contributed by atoms with E-state index in [2.05, 4.69) is 22.5 Å². The van der Waals surface area contributed by atoms with Crippen molar-refractivity contribution in [1.82, 2.24) is 10.3 Å². The number of aromatic nitrogens is 1. The SMILES string of the molecule is CCCNc1cc(C(=O)NCC(C)(C)OCC)cc(Cl)n1. The fourth-order valence-corrected chi connectivity index (χ4v) is 2.02. The minimum atomic E-state index is -0.398. The normalized spacial score (nSPS) is 11.3. The second kappa shape index (κ2) is 8.20. The number of hydrogen-bond donors (Lipinski definition) is 2. The zero-order chi connectivity index (χ0) is 15.9. The van der Waals surface area contributed by atoms with Crippen LogP contribution in [0.5, 0.6) is 0 Å². The van der Waals surface area contributed by atoms with Crippen LogP contribution in [0.4, 0.5) is 5.82 Å². The Morgan fingerprint density at radius 3 is 2.71 bits per heavy atom. The molecule has 0 spiro atoms. The van der Waals surface area contributed by atoms with Crippen LogP contribution in [0.1, 0.15) is 44.5 Å². The van der Waals surface area contributed by atoms with Crippen molar-refractivity contribution in [2.45, 2.75) is 39.7 Å². The summed E-state index contributed by atoms with van der Waals surface area (Å²) in [6.07, 6.45) is 0.971. The molecule has 1 aromatic heterocycles. The molecule has 0 bridgehead atoms. The highest BCUT2D eigenvalue weighted by atomic mass is 35.5. The van der Waals surface area contributed by atoms with E-state index in [-0.39, 0.29) is 5.91 Å². The lowest BCUT2D eigenvalue weighted by molar-refractivity contribution is -0.00815. The summed E-state index contributed by atoms with van der Waals surface area (Å²) in [6.45, 7) is 9.67. The molecule has 1 rings (SSSR count). The van der Waals surface area contributed by atoms with E-state index >= 15 is 0 Å². The van der Waals surface area contributed by atoms with Gasteiger partial charge in [-0.3, -0.25) is 4.79 Å². The Labute approximate surface area is 131 Å². The minimum Gasteiger partial charge on any atom is -0.374 e. The number of ether oxygens (including phenoxy) is 1. The molecule has 1 aromatic rings. The van der Waals surface area contributed by atoms with Crippen molar-refractivity contribution in [3.63, 3.8) is 0 Å². The predicted molar refractivity (Wildman–Crippen MR) is 86.1 cm³/mol. The Balaban J connectivity index is 2.71. The van der Waals surface area contributed by atoms with Crippen LogP contribution < -0.4 is 10.6 Å². The molecule has 0 aliphatic rings. The standard InChI is InChI=1S/C15H24ClN3O2/c1-5-7-17-13-9-11(8-12(16)19-13)14(20)18-10-15(3,4)21-6-2/h8-9H,5-7,10H2,1-4H3,(H,17,19)(H,18,20). The van der Waals surface area contributed by atoms with E-state index in [0.29, 0.717) is 29.7 Å². The highest BCUT2D eigenvalue weighted by molar-refractivity contribution is 6.29. The first-order valence-corrected chi connectivity index (χ1v) is 7.59. The van der Waals surface area contributed by atoms with Gasteiger partial charge in [-0.25, -0.2) is 4.98 Å². The number of hydrogen-bond acceptors (Lipinski definition) is 4. The molecule has 1 amide bonds. The molecule has 0 atom stereocenters. The van der Waals surface area contributed by atoms with E-state index in [1.54, 1.807) is 12.1 Å². The van der Waals surface area contributed by atoms with Gasteiger partial charge in [0.2, 0.25) is 0 Å². The number of carbonyl (C=O) groups is 1. The maximum atomic E-state index is 12.2. The third-order valence-corrected chi connectivity index (χ3v) is 3.02. The number of anilines is 1. The maximum absolute atomic E-state index is 12.2. The first kappa shape index (κ1) is 17.7. The molecule has 0 unspecified atom stereocenters. The van der Waals surface area contributed by atoms with Crippen LogP contribution in [0.2, 0.25) is 5.15 Å². The number of nitrogens with one attached hydrogen (secondary N) is 2. The van der Waals surface area contributed by atoms with E-state index < -0.39 is 5.60 Å². The summed E-state index contributed by atoms with van der Waals surface area (Å²) < 4.78 is 5.55. The van der Waals surface area contributed by atoms with Crippen LogP contribution in [0, 0.1) is 0 Å². The third-order valence-electron chi connectivity index (χ3n) is 2.82. The van der Waals surface area contributed by atoms with Crippen molar-refractivity contribution in [3.8, 4) is 0 Å². The van der Waals surface area contributed by atoms with Gasteiger partial charge in [-0.05, 0) is 39.3 Å². The van der Waals surface area contributed by atoms with Crippen LogP contribution in [0.3, 0.4) is 0 Å². The monoisotopic (exact) mass is 313 g/mol. The zero-order valence-electron chi connectivity index (χ0n) is 13.1. The topological polar surface area (TPSA) is 63.2 Å². The second-order valence-corrected chi connectivity index (χ2v) is 5.75. The average molecular weight is 314 g/mol. The first-order chi connectivity index (χ1) is 9.88. The largest absolute Gasteiger partial charge is 0.374 e. The van der Waals surface area contributed by atoms with E-state index in [0.717, 1.165) is 13.0 Å². The molecule has 1 heterocycles. The number of nitrogens with zero attached hydrogens (tertiary/aromatic N) is 1. The zero-order valence-corrected chi connectivity index (χ0v) is 13.9. The molecule has 6 heteroatoms. The molecular weight excluding hydrogens is 290 g/mol. The minimum absolute atomic E-state index is 0.188. The Bertz CT molecular complexity index is 478. The maximum Gasteiger partial charge on any atom is 0.251 e. The van der Waals surface area contributed by atoms with Crippen molar-refractivity contribution in [1.29, 1.82) is 0 Å². The lowest BCUT2D eigenvalue weighted by Gasteiger charge is -2.24. The van der Waals surface area contributed by atoms with Gasteiger partial charge in [0.15, 0.2) is 0 Å². The van der Waals surface area contributed by atoms with E-state index in [4.69, 9.17) is 16.3 Å². The molecule has 5 nitrogen and oxygen atoms in total. The summed E-state index contributed by atoms with van der Waals surface area (Å²) in [5.74, 6) is 0.421. The lowest BCUT2D eigenvalue weighted by Crippen LogP contribution is -2.40. The van der Waals surface area contributed by atoms with Crippen LogP contribution in [-0.2, 0) is 4.74 Å². The molecule has 0 aromatic carbocycles. The predicted octanol–water partition coefficient (Wildman–Crippen LogP) is 3.10. The van der Waals surface area contributed by atoms with Crippen molar-refractivity contribution >= 4 is 23.3 Å². The molecule has 0 radical (unpaired) electrons. The van der Waals surface area contributed by atoms with Gasteiger partial charge in [-0.15, -0.1) is 0 Å². The van der Waals surface area contributed by atoms with Gasteiger partial charge in [0.25, 0.3) is 5.91 Å². The number of carbonyl (C=O) groups excluding carboxylic acids is 1. The molecule has 0 fully saturated rings. The van der Waals surface area contributed by atoms with Crippen LogP contribution in [0.15, 0.2) is 12.1 Å². The Hall–Kier alpha value is -1.33. The smallest absolute Gasteiger partial charge is 0.251 e. The van der Waals surface area contributed by atoms with Gasteiger partial charge >= 0.3 is 0 Å². The molecule has 118 valence electrons. The molecular formula is C15H24ClN3O2. The van der Waals surface area contributed by atoms with Crippen molar-refractivity contribution < 1.29 is 9.53 Å². The molecule has 21 heavy (non-hydrogen) atoms. The van der Waals surface area contributed by atoms with E-state index in [1.165, 1.54) is 0 Å². The fourth-order valence-electron chi connectivity index (χ4n) is 1.81. The molecule has 0 saturated heterocycles. The molecule has 0 aliphatic carbocycles. The lowest BCUT2D eigenvalue weighted by atomic mass is 10.1. The number of halogens is 1. The Morgan fingerprint density at radius 2 is 2.10 bits per heavy atom. The number of pyridine rings is 1. The Morgan fingerprint density at radius 1 is 1.38 bits per heavy atom. The summed E-state index contributed by atoms with van der Waals surface area (Å²) in [5.41, 5.74) is 0.0887.